The number of carbonyl (C=O) groups is 2. The Morgan fingerprint density at radius 1 is 1.32 bits per heavy atom. The summed E-state index contributed by atoms with van der Waals surface area (Å²) >= 11 is 0. The Morgan fingerprint density at radius 3 is 2.74 bits per heavy atom. The molecule has 0 radical (unpaired) electrons. The zero-order valence-electron chi connectivity index (χ0n) is 10.8. The van der Waals surface area contributed by atoms with Crippen molar-refractivity contribution in [1.29, 1.82) is 0 Å². The van der Waals surface area contributed by atoms with Gasteiger partial charge in [-0.3, -0.25) is 9.59 Å². The number of amides is 2. The Bertz CT molecular complexity index is 497. The lowest BCUT2D eigenvalue weighted by Gasteiger charge is -2.15. The normalized spacial score (nSPS) is 17.7. The summed E-state index contributed by atoms with van der Waals surface area (Å²) < 4.78 is 0. The van der Waals surface area contributed by atoms with Crippen LogP contribution in [-0.2, 0) is 9.59 Å². The van der Waals surface area contributed by atoms with Crippen LogP contribution in [0.15, 0.2) is 42.0 Å². The van der Waals surface area contributed by atoms with Gasteiger partial charge in [0.1, 0.15) is 0 Å². The van der Waals surface area contributed by atoms with E-state index in [2.05, 4.69) is 16.0 Å². The van der Waals surface area contributed by atoms with Crippen LogP contribution in [0.1, 0.15) is 11.6 Å². The molecule has 5 nitrogen and oxygen atoms in total. The average Bonchev–Trinajstić information content (AvgIpc) is 2.94. The van der Waals surface area contributed by atoms with E-state index in [4.69, 9.17) is 0 Å². The van der Waals surface area contributed by atoms with Crippen LogP contribution in [0.5, 0.6) is 0 Å². The van der Waals surface area contributed by atoms with E-state index < -0.39 is 0 Å². The smallest absolute Gasteiger partial charge is 0.249 e. The van der Waals surface area contributed by atoms with Crippen LogP contribution < -0.4 is 16.0 Å². The lowest BCUT2D eigenvalue weighted by atomic mass is 10.0. The molecule has 1 aromatic carbocycles. The lowest BCUT2D eigenvalue weighted by molar-refractivity contribution is -0.124. The minimum Gasteiger partial charge on any atom is -0.358 e. The highest BCUT2D eigenvalue weighted by Crippen LogP contribution is 2.24. The van der Waals surface area contributed by atoms with E-state index in [0.717, 1.165) is 5.56 Å². The zero-order valence-corrected chi connectivity index (χ0v) is 10.8. The van der Waals surface area contributed by atoms with Crippen molar-refractivity contribution in [2.45, 2.75) is 6.04 Å². The molecule has 0 aliphatic carbocycles. The van der Waals surface area contributed by atoms with Crippen LogP contribution in [0.2, 0.25) is 0 Å². The van der Waals surface area contributed by atoms with Gasteiger partial charge >= 0.3 is 0 Å². The van der Waals surface area contributed by atoms with Crippen molar-refractivity contribution in [2.75, 3.05) is 20.1 Å². The van der Waals surface area contributed by atoms with Gasteiger partial charge < -0.3 is 16.0 Å². The maximum atomic E-state index is 12.1. The molecule has 0 saturated carbocycles. The van der Waals surface area contributed by atoms with Crippen molar-refractivity contribution >= 4 is 11.8 Å². The standard InChI is InChI=1S/C14H17N3O2/c1-15-12(18)9-17-14(19)11-7-8-16-13(11)10-5-3-2-4-6-10/h2-7,13,16H,8-9H2,1H3,(H,15,18)(H,17,19). The number of hydrogen-bond donors (Lipinski definition) is 3. The van der Waals surface area contributed by atoms with Crippen LogP contribution in [0.4, 0.5) is 0 Å². The van der Waals surface area contributed by atoms with E-state index in [0.29, 0.717) is 12.1 Å². The Morgan fingerprint density at radius 2 is 2.05 bits per heavy atom. The van der Waals surface area contributed by atoms with Gasteiger partial charge in [0.05, 0.1) is 12.6 Å². The predicted molar refractivity (Wildman–Crippen MR) is 72.3 cm³/mol. The van der Waals surface area contributed by atoms with Gasteiger partial charge in [0.15, 0.2) is 0 Å². The molecule has 0 bridgehead atoms. The first-order chi connectivity index (χ1) is 9.22. The van der Waals surface area contributed by atoms with Crippen molar-refractivity contribution in [1.82, 2.24) is 16.0 Å². The van der Waals surface area contributed by atoms with E-state index in [-0.39, 0.29) is 24.4 Å². The molecule has 0 spiro atoms. The van der Waals surface area contributed by atoms with Crippen LogP contribution in [0.25, 0.3) is 0 Å². The first kappa shape index (κ1) is 13.3. The molecule has 0 fully saturated rings. The highest BCUT2D eigenvalue weighted by Gasteiger charge is 2.25. The van der Waals surface area contributed by atoms with E-state index in [1.54, 1.807) is 0 Å². The Balaban J connectivity index is 2.03. The number of likely N-dealkylation sites (N-methyl/N-ethyl adjacent to an activating group) is 1. The van der Waals surface area contributed by atoms with Gasteiger partial charge in [-0.15, -0.1) is 0 Å². The number of nitrogens with one attached hydrogen (secondary N) is 3. The molecule has 1 unspecified atom stereocenters. The maximum absolute atomic E-state index is 12.1. The van der Waals surface area contributed by atoms with Gasteiger partial charge in [0.25, 0.3) is 0 Å². The Labute approximate surface area is 112 Å². The zero-order chi connectivity index (χ0) is 13.7. The van der Waals surface area contributed by atoms with Crippen LogP contribution >= 0.6 is 0 Å². The summed E-state index contributed by atoms with van der Waals surface area (Å²) in [5.74, 6) is -0.418. The SMILES string of the molecule is CNC(=O)CNC(=O)C1=CCNC1c1ccccc1. The predicted octanol–water partition coefficient (Wildman–Crippen LogP) is 0.120. The summed E-state index contributed by atoms with van der Waals surface area (Å²) in [6.07, 6.45) is 1.86. The second kappa shape index (κ2) is 6.15. The van der Waals surface area contributed by atoms with Gasteiger partial charge in [-0.2, -0.15) is 0 Å². The van der Waals surface area contributed by atoms with Crippen molar-refractivity contribution < 1.29 is 9.59 Å². The number of carbonyl (C=O) groups excluding carboxylic acids is 2. The van der Waals surface area contributed by atoms with Crippen LogP contribution in [0.3, 0.4) is 0 Å². The molecular weight excluding hydrogens is 242 g/mol. The van der Waals surface area contributed by atoms with Crippen molar-refractivity contribution in [3.05, 3.63) is 47.5 Å². The molecule has 1 heterocycles. The number of rotatable bonds is 4. The molecule has 3 N–H and O–H groups in total. The van der Waals surface area contributed by atoms with Gasteiger partial charge in [0.2, 0.25) is 11.8 Å². The average molecular weight is 259 g/mol. The van der Waals surface area contributed by atoms with Gasteiger partial charge in [-0.1, -0.05) is 36.4 Å². The van der Waals surface area contributed by atoms with Crippen molar-refractivity contribution in [3.63, 3.8) is 0 Å². The molecule has 5 heteroatoms. The third-order valence-electron chi connectivity index (χ3n) is 3.04. The second-order valence-corrected chi connectivity index (χ2v) is 4.27. The minimum absolute atomic E-state index is 0.00577. The molecule has 1 aliphatic heterocycles. The van der Waals surface area contributed by atoms with Crippen LogP contribution in [0, 0.1) is 0 Å². The number of benzene rings is 1. The molecule has 100 valence electrons. The molecule has 1 aliphatic rings. The fraction of sp³-hybridized carbons (Fsp3) is 0.286. The summed E-state index contributed by atoms with van der Waals surface area (Å²) in [6.45, 7) is 0.649. The molecule has 2 rings (SSSR count). The first-order valence-corrected chi connectivity index (χ1v) is 6.19. The van der Waals surface area contributed by atoms with Crippen molar-refractivity contribution in [3.8, 4) is 0 Å². The van der Waals surface area contributed by atoms with E-state index in [1.165, 1.54) is 7.05 Å². The molecule has 1 aromatic rings. The first-order valence-electron chi connectivity index (χ1n) is 6.19. The summed E-state index contributed by atoms with van der Waals surface area (Å²) in [7, 11) is 1.54. The van der Waals surface area contributed by atoms with Gasteiger partial charge in [-0.25, -0.2) is 0 Å². The largest absolute Gasteiger partial charge is 0.358 e. The molecular formula is C14H17N3O2. The monoisotopic (exact) mass is 259 g/mol. The molecule has 0 aromatic heterocycles. The van der Waals surface area contributed by atoms with E-state index in [1.807, 2.05) is 36.4 Å². The summed E-state index contributed by atoms with van der Waals surface area (Å²) in [6, 6.07) is 9.66. The summed E-state index contributed by atoms with van der Waals surface area (Å²) in [5.41, 5.74) is 1.71. The second-order valence-electron chi connectivity index (χ2n) is 4.27. The lowest BCUT2D eigenvalue weighted by Crippen LogP contribution is -2.37. The highest BCUT2D eigenvalue weighted by molar-refractivity contribution is 5.97. The van der Waals surface area contributed by atoms with E-state index >= 15 is 0 Å². The quantitative estimate of drug-likeness (QED) is 0.719. The third-order valence-corrected chi connectivity index (χ3v) is 3.04. The topological polar surface area (TPSA) is 70.2 Å². The molecule has 2 amide bonds. The van der Waals surface area contributed by atoms with E-state index in [9.17, 15) is 9.59 Å². The summed E-state index contributed by atoms with van der Waals surface area (Å²) in [5, 5.41) is 8.33. The van der Waals surface area contributed by atoms with Gasteiger partial charge in [0, 0.05) is 19.2 Å². The van der Waals surface area contributed by atoms with Crippen molar-refractivity contribution in [2.24, 2.45) is 0 Å². The third kappa shape index (κ3) is 3.20. The fourth-order valence-corrected chi connectivity index (χ4v) is 2.03. The van der Waals surface area contributed by atoms with Crippen LogP contribution in [-0.4, -0.2) is 32.0 Å². The summed E-state index contributed by atoms with van der Waals surface area (Å²) in [4.78, 5) is 23.2. The maximum Gasteiger partial charge on any atom is 0.249 e. The molecule has 0 saturated heterocycles. The molecule has 1 atom stereocenters. The fourth-order valence-electron chi connectivity index (χ4n) is 2.03. The Kier molecular flexibility index (Phi) is 4.30. The number of hydrogen-bond acceptors (Lipinski definition) is 3. The highest BCUT2D eigenvalue weighted by atomic mass is 16.2. The Hall–Kier alpha value is -2.14. The minimum atomic E-state index is -0.212. The van der Waals surface area contributed by atoms with Gasteiger partial charge in [-0.05, 0) is 5.56 Å². The molecule has 19 heavy (non-hydrogen) atoms.